The maximum Gasteiger partial charge on any atom is 0.305 e. The molecule has 0 aliphatic heterocycles. The van der Waals surface area contributed by atoms with E-state index in [0.29, 0.717) is 16.7 Å². The van der Waals surface area contributed by atoms with E-state index >= 15 is 0 Å². The topological polar surface area (TPSA) is 72.5 Å². The summed E-state index contributed by atoms with van der Waals surface area (Å²) in [5.74, 6) is -1.30. The molecule has 94 valence electrons. The number of hydrogen-bond acceptors (Lipinski definition) is 3. The summed E-state index contributed by atoms with van der Waals surface area (Å²) >= 11 is 0. The highest BCUT2D eigenvalue weighted by molar-refractivity contribution is 5.68. The fraction of sp³-hybridized carbons (Fsp3) is 0.417. The first-order valence-electron chi connectivity index (χ1n) is 5.19. The van der Waals surface area contributed by atoms with Crippen LogP contribution >= 0.6 is 0 Å². The fourth-order valence-corrected chi connectivity index (χ4v) is 1.81. The van der Waals surface area contributed by atoms with Gasteiger partial charge in [0.2, 0.25) is 0 Å². The Kier molecular flexibility index (Phi) is 4.07. The highest BCUT2D eigenvalue weighted by Gasteiger charge is 2.19. The predicted molar refractivity (Wildman–Crippen MR) is 61.6 cm³/mol. The molecule has 4 nitrogen and oxygen atoms in total. The summed E-state index contributed by atoms with van der Waals surface area (Å²) in [6.45, 7) is 3.26. The van der Waals surface area contributed by atoms with Crippen molar-refractivity contribution in [2.24, 2.45) is 5.73 Å². The minimum atomic E-state index is -0.988. The van der Waals surface area contributed by atoms with Crippen LogP contribution in [0.2, 0.25) is 0 Å². The summed E-state index contributed by atoms with van der Waals surface area (Å²) in [6.07, 6.45) is -0.199. The second-order valence-corrected chi connectivity index (χ2v) is 3.96. The number of carboxylic acid groups (broad SMARTS) is 1. The zero-order valence-electron chi connectivity index (χ0n) is 10.1. The largest absolute Gasteiger partial charge is 0.493 e. The molecule has 0 aliphatic rings. The van der Waals surface area contributed by atoms with Gasteiger partial charge in [0.15, 0.2) is 11.6 Å². The van der Waals surface area contributed by atoms with Crippen LogP contribution in [-0.2, 0) is 4.79 Å². The molecule has 0 aromatic heterocycles. The molecule has 0 saturated heterocycles. The Balaban J connectivity index is 3.25. The Labute approximate surface area is 99.2 Å². The van der Waals surface area contributed by atoms with Crippen molar-refractivity contribution in [2.75, 3.05) is 7.11 Å². The van der Waals surface area contributed by atoms with Crippen molar-refractivity contribution in [2.45, 2.75) is 26.3 Å². The summed E-state index contributed by atoms with van der Waals surface area (Å²) in [6, 6.07) is 0.904. The number of carbonyl (C=O) groups is 1. The minimum absolute atomic E-state index is 0.126. The maximum absolute atomic E-state index is 13.7. The van der Waals surface area contributed by atoms with Gasteiger partial charge in [0.25, 0.3) is 0 Å². The first kappa shape index (κ1) is 13.4. The molecule has 5 heteroatoms. The molecule has 0 bridgehead atoms. The average molecular weight is 241 g/mol. The Bertz CT molecular complexity index is 446. The van der Waals surface area contributed by atoms with E-state index in [9.17, 15) is 9.18 Å². The molecule has 1 unspecified atom stereocenters. The van der Waals surface area contributed by atoms with E-state index in [2.05, 4.69) is 0 Å². The van der Waals surface area contributed by atoms with Crippen molar-refractivity contribution >= 4 is 5.97 Å². The lowest BCUT2D eigenvalue weighted by atomic mass is 9.96. The van der Waals surface area contributed by atoms with E-state index in [1.807, 2.05) is 0 Å². The Morgan fingerprint density at radius 3 is 2.65 bits per heavy atom. The molecule has 0 heterocycles. The SMILES string of the molecule is COc1c(C)c(C(N)CC(=O)O)cc(C)c1F. The van der Waals surface area contributed by atoms with Crippen molar-refractivity contribution in [1.29, 1.82) is 0 Å². The van der Waals surface area contributed by atoms with Gasteiger partial charge in [0.1, 0.15) is 0 Å². The van der Waals surface area contributed by atoms with Crippen molar-refractivity contribution in [3.63, 3.8) is 0 Å². The summed E-state index contributed by atoms with van der Waals surface area (Å²) in [4.78, 5) is 10.6. The third-order valence-corrected chi connectivity index (χ3v) is 2.69. The van der Waals surface area contributed by atoms with Gasteiger partial charge in [-0.3, -0.25) is 4.79 Å². The lowest BCUT2D eigenvalue weighted by Gasteiger charge is -2.17. The second kappa shape index (κ2) is 5.14. The molecule has 1 rings (SSSR count). The molecular formula is C12H16FNO3. The van der Waals surface area contributed by atoms with Crippen LogP contribution in [0, 0.1) is 19.7 Å². The quantitative estimate of drug-likeness (QED) is 0.844. The number of rotatable bonds is 4. The van der Waals surface area contributed by atoms with Crippen LogP contribution in [0.25, 0.3) is 0 Å². The monoisotopic (exact) mass is 241 g/mol. The molecule has 0 amide bonds. The van der Waals surface area contributed by atoms with Gasteiger partial charge in [0.05, 0.1) is 13.5 Å². The highest BCUT2D eigenvalue weighted by atomic mass is 19.1. The molecule has 0 radical (unpaired) electrons. The first-order valence-corrected chi connectivity index (χ1v) is 5.19. The van der Waals surface area contributed by atoms with Crippen molar-refractivity contribution in [1.82, 2.24) is 0 Å². The number of aryl methyl sites for hydroxylation is 1. The Morgan fingerprint density at radius 1 is 1.59 bits per heavy atom. The molecule has 1 atom stereocenters. The Hall–Kier alpha value is -1.62. The number of ether oxygens (including phenoxy) is 1. The summed E-state index contributed by atoms with van der Waals surface area (Å²) in [7, 11) is 1.37. The molecular weight excluding hydrogens is 225 g/mol. The molecule has 17 heavy (non-hydrogen) atoms. The summed E-state index contributed by atoms with van der Waals surface area (Å²) in [5, 5.41) is 8.70. The average Bonchev–Trinajstić information content (AvgIpc) is 2.23. The predicted octanol–water partition coefficient (Wildman–Crippen LogP) is 1.93. The van der Waals surface area contributed by atoms with E-state index in [0.717, 1.165) is 0 Å². The van der Waals surface area contributed by atoms with Crippen LogP contribution in [0.1, 0.15) is 29.2 Å². The minimum Gasteiger partial charge on any atom is -0.493 e. The van der Waals surface area contributed by atoms with Crippen LogP contribution in [0.15, 0.2) is 6.07 Å². The van der Waals surface area contributed by atoms with E-state index in [-0.39, 0.29) is 12.2 Å². The van der Waals surface area contributed by atoms with Gasteiger partial charge in [-0.05, 0) is 30.5 Å². The standard InChI is InChI=1S/C12H16FNO3/c1-6-4-8(9(14)5-10(15)16)7(2)12(17-3)11(6)13/h4,9H,5,14H2,1-3H3,(H,15,16). The third kappa shape index (κ3) is 2.74. The number of carboxylic acids is 1. The van der Waals surface area contributed by atoms with Gasteiger partial charge in [0, 0.05) is 6.04 Å². The molecule has 3 N–H and O–H groups in total. The van der Waals surface area contributed by atoms with Crippen LogP contribution in [0.5, 0.6) is 5.75 Å². The normalized spacial score (nSPS) is 12.3. The third-order valence-electron chi connectivity index (χ3n) is 2.69. The summed E-state index contributed by atoms with van der Waals surface area (Å²) in [5.41, 5.74) is 7.32. The zero-order valence-corrected chi connectivity index (χ0v) is 10.1. The molecule has 1 aromatic rings. The van der Waals surface area contributed by atoms with Gasteiger partial charge in [-0.15, -0.1) is 0 Å². The molecule has 0 saturated carbocycles. The summed E-state index contributed by atoms with van der Waals surface area (Å²) < 4.78 is 18.7. The number of hydrogen-bond donors (Lipinski definition) is 2. The Morgan fingerprint density at radius 2 is 2.18 bits per heavy atom. The lowest BCUT2D eigenvalue weighted by molar-refractivity contribution is -0.137. The van der Waals surface area contributed by atoms with Crippen LogP contribution in [0.3, 0.4) is 0 Å². The van der Waals surface area contributed by atoms with Gasteiger partial charge < -0.3 is 15.6 Å². The van der Waals surface area contributed by atoms with Gasteiger partial charge >= 0.3 is 5.97 Å². The van der Waals surface area contributed by atoms with Crippen molar-refractivity contribution < 1.29 is 19.0 Å². The van der Waals surface area contributed by atoms with Crippen molar-refractivity contribution in [3.8, 4) is 5.75 Å². The molecule has 0 aliphatic carbocycles. The number of halogens is 1. The number of methoxy groups -OCH3 is 1. The van der Waals surface area contributed by atoms with Gasteiger partial charge in [-0.25, -0.2) is 4.39 Å². The van der Waals surface area contributed by atoms with Crippen LogP contribution in [0.4, 0.5) is 4.39 Å². The fourth-order valence-electron chi connectivity index (χ4n) is 1.81. The van der Waals surface area contributed by atoms with E-state index in [4.69, 9.17) is 15.6 Å². The maximum atomic E-state index is 13.7. The highest BCUT2D eigenvalue weighted by Crippen LogP contribution is 2.31. The zero-order chi connectivity index (χ0) is 13.2. The van der Waals surface area contributed by atoms with E-state index in [1.165, 1.54) is 7.11 Å². The van der Waals surface area contributed by atoms with Crippen molar-refractivity contribution in [3.05, 3.63) is 28.6 Å². The smallest absolute Gasteiger partial charge is 0.305 e. The molecule has 0 spiro atoms. The molecule has 0 fully saturated rings. The van der Waals surface area contributed by atoms with Crippen LogP contribution < -0.4 is 10.5 Å². The number of nitrogens with two attached hydrogens (primary N) is 1. The van der Waals surface area contributed by atoms with Gasteiger partial charge in [-0.1, -0.05) is 6.07 Å². The lowest BCUT2D eigenvalue weighted by Crippen LogP contribution is -2.17. The van der Waals surface area contributed by atoms with E-state index < -0.39 is 17.8 Å². The van der Waals surface area contributed by atoms with Crippen LogP contribution in [-0.4, -0.2) is 18.2 Å². The second-order valence-electron chi connectivity index (χ2n) is 3.96. The molecule has 1 aromatic carbocycles. The number of benzene rings is 1. The van der Waals surface area contributed by atoms with E-state index in [1.54, 1.807) is 19.9 Å². The number of aliphatic carboxylic acids is 1. The first-order chi connectivity index (χ1) is 7.88. The van der Waals surface area contributed by atoms with Gasteiger partial charge in [-0.2, -0.15) is 0 Å².